The second-order valence-electron chi connectivity index (χ2n) is 7.77. The van der Waals surface area contributed by atoms with E-state index in [2.05, 4.69) is 22.2 Å². The predicted molar refractivity (Wildman–Crippen MR) is 117 cm³/mol. The predicted octanol–water partition coefficient (Wildman–Crippen LogP) is 2.23. The molecule has 0 aromatic carbocycles. The molecular weight excluding hydrogens is 402 g/mol. The molecule has 0 spiro atoms. The van der Waals surface area contributed by atoms with Gasteiger partial charge in [-0.3, -0.25) is 4.79 Å². The second kappa shape index (κ2) is 7.90. The first-order chi connectivity index (χ1) is 14.6. The first-order valence-corrected chi connectivity index (χ1v) is 11.0. The maximum atomic E-state index is 12.9. The lowest BCUT2D eigenvalue weighted by molar-refractivity contribution is 0.0953. The van der Waals surface area contributed by atoms with Crippen LogP contribution < -0.4 is 16.0 Å². The molecule has 0 radical (unpaired) electrons. The Kier molecular flexibility index (Phi) is 5.10. The third-order valence-electron chi connectivity index (χ3n) is 5.76. The van der Waals surface area contributed by atoms with Gasteiger partial charge in [0.2, 0.25) is 0 Å². The molecule has 0 bridgehead atoms. The third-order valence-corrected chi connectivity index (χ3v) is 6.86. The highest BCUT2D eigenvalue weighted by molar-refractivity contribution is 7.21. The van der Waals surface area contributed by atoms with Gasteiger partial charge in [-0.15, -0.1) is 11.3 Å². The standard InChI is InChI=1S/C21H25N5O3S/c1-25-5-4-14-15(12-25)19(26-6-9-28-10-7-26)24-21-16(14)17(22)18(30-21)20(27)23-11-13-3-2-8-29-13/h2-3,8H,4-7,9-12,22H2,1H3,(H,23,27). The van der Waals surface area contributed by atoms with Crippen molar-refractivity contribution in [3.63, 3.8) is 0 Å². The lowest BCUT2D eigenvalue weighted by Gasteiger charge is -2.33. The van der Waals surface area contributed by atoms with E-state index in [4.69, 9.17) is 19.9 Å². The number of nitrogen functional groups attached to an aromatic ring is 1. The number of anilines is 2. The van der Waals surface area contributed by atoms with Crippen LogP contribution in [0, 0.1) is 0 Å². The van der Waals surface area contributed by atoms with Crippen LogP contribution in [0.5, 0.6) is 0 Å². The first kappa shape index (κ1) is 19.3. The van der Waals surface area contributed by atoms with Crippen molar-refractivity contribution in [1.82, 2.24) is 15.2 Å². The molecule has 0 unspecified atom stereocenters. The largest absolute Gasteiger partial charge is 0.467 e. The van der Waals surface area contributed by atoms with Crippen molar-refractivity contribution in [2.75, 3.05) is 50.5 Å². The first-order valence-electron chi connectivity index (χ1n) is 10.2. The van der Waals surface area contributed by atoms with Crippen LogP contribution in [-0.4, -0.2) is 55.7 Å². The van der Waals surface area contributed by atoms with Gasteiger partial charge in [0, 0.05) is 37.1 Å². The van der Waals surface area contributed by atoms with E-state index in [0.717, 1.165) is 48.6 Å². The number of furan rings is 1. The van der Waals surface area contributed by atoms with Crippen LogP contribution >= 0.6 is 11.3 Å². The zero-order valence-electron chi connectivity index (χ0n) is 16.9. The van der Waals surface area contributed by atoms with Crippen LogP contribution in [0.15, 0.2) is 22.8 Å². The Morgan fingerprint density at radius 2 is 2.13 bits per heavy atom. The van der Waals surface area contributed by atoms with Crippen molar-refractivity contribution in [1.29, 1.82) is 0 Å². The second-order valence-corrected chi connectivity index (χ2v) is 8.77. The lowest BCUT2D eigenvalue weighted by atomic mass is 9.96. The summed E-state index contributed by atoms with van der Waals surface area (Å²) in [7, 11) is 2.13. The van der Waals surface area contributed by atoms with Gasteiger partial charge in [-0.05, 0) is 31.2 Å². The Bertz CT molecular complexity index is 1070. The number of carbonyl (C=O) groups is 1. The summed E-state index contributed by atoms with van der Waals surface area (Å²) in [5.74, 6) is 1.52. The SMILES string of the molecule is CN1CCc2c(c(N3CCOCC3)nc3sc(C(=O)NCc4ccco4)c(N)c23)C1. The summed E-state index contributed by atoms with van der Waals surface area (Å²) in [6, 6.07) is 3.63. The van der Waals surface area contributed by atoms with Gasteiger partial charge in [0.1, 0.15) is 21.3 Å². The van der Waals surface area contributed by atoms with Crippen LogP contribution in [0.25, 0.3) is 10.2 Å². The van der Waals surface area contributed by atoms with Gasteiger partial charge in [-0.1, -0.05) is 0 Å². The van der Waals surface area contributed by atoms with Gasteiger partial charge in [0.05, 0.1) is 31.7 Å². The molecule has 8 nitrogen and oxygen atoms in total. The molecule has 3 N–H and O–H groups in total. The smallest absolute Gasteiger partial charge is 0.263 e. The number of nitrogens with two attached hydrogens (primary N) is 1. The number of aromatic nitrogens is 1. The van der Waals surface area contributed by atoms with Crippen LogP contribution in [0.2, 0.25) is 0 Å². The number of hydrogen-bond acceptors (Lipinski definition) is 8. The molecule has 5 heterocycles. The highest BCUT2D eigenvalue weighted by Crippen LogP contribution is 2.41. The van der Waals surface area contributed by atoms with E-state index in [1.165, 1.54) is 22.5 Å². The number of likely N-dealkylation sites (N-methyl/N-ethyl adjacent to an activating group) is 1. The average Bonchev–Trinajstić information content (AvgIpc) is 3.40. The van der Waals surface area contributed by atoms with Crippen LogP contribution in [0.3, 0.4) is 0 Å². The summed E-state index contributed by atoms with van der Waals surface area (Å²) in [6.07, 6.45) is 2.49. The minimum absolute atomic E-state index is 0.193. The number of pyridine rings is 1. The minimum Gasteiger partial charge on any atom is -0.467 e. The Hall–Kier alpha value is -2.62. The van der Waals surface area contributed by atoms with Gasteiger partial charge in [0.25, 0.3) is 5.91 Å². The van der Waals surface area contributed by atoms with Crippen LogP contribution in [0.4, 0.5) is 11.5 Å². The van der Waals surface area contributed by atoms with Crippen molar-refractivity contribution in [2.24, 2.45) is 0 Å². The summed E-state index contributed by atoms with van der Waals surface area (Å²) >= 11 is 1.37. The van der Waals surface area contributed by atoms with Crippen molar-refractivity contribution in [3.05, 3.63) is 40.2 Å². The molecule has 3 aromatic rings. The maximum absolute atomic E-state index is 12.9. The van der Waals surface area contributed by atoms with Crippen molar-refractivity contribution >= 4 is 39.0 Å². The lowest BCUT2D eigenvalue weighted by Crippen LogP contribution is -2.39. The van der Waals surface area contributed by atoms with Crippen molar-refractivity contribution in [2.45, 2.75) is 19.5 Å². The number of hydrogen-bond donors (Lipinski definition) is 2. The van der Waals surface area contributed by atoms with Crippen molar-refractivity contribution < 1.29 is 13.9 Å². The van der Waals surface area contributed by atoms with E-state index in [1.54, 1.807) is 12.3 Å². The summed E-state index contributed by atoms with van der Waals surface area (Å²) in [5.41, 5.74) is 9.51. The van der Waals surface area contributed by atoms with E-state index in [9.17, 15) is 4.79 Å². The number of fused-ring (bicyclic) bond motifs is 3. The minimum atomic E-state index is -0.193. The molecule has 5 rings (SSSR count). The molecule has 30 heavy (non-hydrogen) atoms. The third kappa shape index (κ3) is 3.42. The number of thiophene rings is 1. The zero-order valence-corrected chi connectivity index (χ0v) is 17.8. The molecule has 1 fully saturated rings. The fraction of sp³-hybridized carbons (Fsp3) is 0.429. The zero-order chi connectivity index (χ0) is 20.7. The van der Waals surface area contributed by atoms with Gasteiger partial charge >= 0.3 is 0 Å². The normalized spacial score (nSPS) is 17.3. The molecule has 0 saturated carbocycles. The molecule has 2 aliphatic heterocycles. The highest BCUT2D eigenvalue weighted by atomic mass is 32.1. The van der Waals surface area contributed by atoms with Gasteiger partial charge in [0.15, 0.2) is 0 Å². The van der Waals surface area contributed by atoms with Gasteiger partial charge in [-0.25, -0.2) is 4.98 Å². The molecule has 158 valence electrons. The molecule has 0 aliphatic carbocycles. The number of morpholine rings is 1. The summed E-state index contributed by atoms with van der Waals surface area (Å²) in [4.78, 5) is 23.8. The fourth-order valence-electron chi connectivity index (χ4n) is 4.21. The average molecular weight is 428 g/mol. The Morgan fingerprint density at radius 1 is 1.30 bits per heavy atom. The van der Waals surface area contributed by atoms with Crippen molar-refractivity contribution in [3.8, 4) is 0 Å². The Morgan fingerprint density at radius 3 is 2.90 bits per heavy atom. The molecule has 0 atom stereocenters. The van der Waals surface area contributed by atoms with E-state index in [0.29, 0.717) is 36.1 Å². The topological polar surface area (TPSA) is 96.9 Å². The van der Waals surface area contributed by atoms with E-state index in [1.807, 2.05) is 6.07 Å². The van der Waals surface area contributed by atoms with E-state index >= 15 is 0 Å². The quantitative estimate of drug-likeness (QED) is 0.659. The molecule has 3 aromatic heterocycles. The summed E-state index contributed by atoms with van der Waals surface area (Å²) in [5, 5.41) is 3.85. The number of amides is 1. The highest BCUT2D eigenvalue weighted by Gasteiger charge is 2.29. The summed E-state index contributed by atoms with van der Waals surface area (Å²) < 4.78 is 10.8. The fourth-order valence-corrected chi connectivity index (χ4v) is 5.25. The van der Waals surface area contributed by atoms with Gasteiger partial charge in [-0.2, -0.15) is 0 Å². The van der Waals surface area contributed by atoms with Gasteiger partial charge < -0.3 is 30.0 Å². The molecule has 1 amide bonds. The Balaban J connectivity index is 1.55. The number of nitrogens with one attached hydrogen (secondary N) is 1. The number of nitrogens with zero attached hydrogens (tertiary/aromatic N) is 3. The summed E-state index contributed by atoms with van der Waals surface area (Å²) in [6.45, 7) is 5.19. The Labute approximate surface area is 178 Å². The van der Waals surface area contributed by atoms with Crippen LogP contribution in [0.1, 0.15) is 26.6 Å². The number of rotatable bonds is 4. The molecular formula is C21H25N5O3S. The molecule has 9 heteroatoms. The van der Waals surface area contributed by atoms with Crippen LogP contribution in [-0.2, 0) is 24.2 Å². The molecule has 1 saturated heterocycles. The van der Waals surface area contributed by atoms with E-state index < -0.39 is 0 Å². The monoisotopic (exact) mass is 427 g/mol. The maximum Gasteiger partial charge on any atom is 0.263 e. The number of carbonyl (C=O) groups excluding carboxylic acids is 1. The molecule has 2 aliphatic rings. The van der Waals surface area contributed by atoms with E-state index in [-0.39, 0.29) is 5.91 Å². The number of ether oxygens (including phenoxy) is 1.